The van der Waals surface area contributed by atoms with Gasteiger partial charge in [0.05, 0.1) is 0 Å². The van der Waals surface area contributed by atoms with Crippen molar-refractivity contribution in [2.24, 2.45) is 11.3 Å². The lowest BCUT2D eigenvalue weighted by atomic mass is 9.70. The number of hydrogen-bond donors (Lipinski definition) is 0. The summed E-state index contributed by atoms with van der Waals surface area (Å²) in [5.74, 6) is 0.650. The summed E-state index contributed by atoms with van der Waals surface area (Å²) in [7, 11) is 0. The van der Waals surface area contributed by atoms with E-state index in [0.717, 1.165) is 24.7 Å². The average Bonchev–Trinajstić information content (AvgIpc) is 2.67. The molecular weight excluding hydrogens is 220 g/mol. The van der Waals surface area contributed by atoms with Crippen LogP contribution in [0, 0.1) is 18.3 Å². The highest BCUT2D eigenvalue weighted by Crippen LogP contribution is 2.53. The number of benzene rings is 1. The maximum Gasteiger partial charge on any atom is 0.127 e. The van der Waals surface area contributed by atoms with Gasteiger partial charge in [-0.25, -0.2) is 0 Å². The third-order valence-corrected chi connectivity index (χ3v) is 4.54. The van der Waals surface area contributed by atoms with Crippen LogP contribution >= 0.6 is 0 Å². The van der Waals surface area contributed by atoms with Gasteiger partial charge >= 0.3 is 0 Å². The van der Waals surface area contributed by atoms with Gasteiger partial charge in [0.1, 0.15) is 6.29 Å². The molecule has 0 aliphatic heterocycles. The molecule has 0 amide bonds. The second-order valence-electron chi connectivity index (χ2n) is 5.93. The van der Waals surface area contributed by atoms with Gasteiger partial charge in [-0.3, -0.25) is 0 Å². The molecule has 1 aliphatic carbocycles. The van der Waals surface area contributed by atoms with Crippen molar-refractivity contribution in [1.29, 1.82) is 0 Å². The van der Waals surface area contributed by atoms with Gasteiger partial charge in [0.15, 0.2) is 0 Å². The van der Waals surface area contributed by atoms with Crippen molar-refractivity contribution in [1.82, 2.24) is 0 Å². The molecule has 2 rings (SSSR count). The van der Waals surface area contributed by atoms with Crippen molar-refractivity contribution < 1.29 is 4.79 Å². The van der Waals surface area contributed by atoms with E-state index in [1.165, 1.54) is 11.1 Å². The van der Waals surface area contributed by atoms with Gasteiger partial charge in [-0.1, -0.05) is 48.9 Å². The van der Waals surface area contributed by atoms with E-state index in [2.05, 4.69) is 44.7 Å². The van der Waals surface area contributed by atoms with Crippen LogP contribution in [0.15, 0.2) is 36.4 Å². The number of hydrogen-bond acceptors (Lipinski definition) is 1. The van der Waals surface area contributed by atoms with E-state index in [9.17, 15) is 4.79 Å². The Morgan fingerprint density at radius 2 is 2.17 bits per heavy atom. The smallest absolute Gasteiger partial charge is 0.127 e. The summed E-state index contributed by atoms with van der Waals surface area (Å²) in [4.78, 5) is 11.7. The summed E-state index contributed by atoms with van der Waals surface area (Å²) in [5, 5.41) is 0. The van der Waals surface area contributed by atoms with Gasteiger partial charge in [0.2, 0.25) is 0 Å². The Bertz CT molecular complexity index is 474. The van der Waals surface area contributed by atoms with E-state index in [1.54, 1.807) is 0 Å². The van der Waals surface area contributed by atoms with E-state index < -0.39 is 0 Å². The largest absolute Gasteiger partial charge is 0.303 e. The predicted molar refractivity (Wildman–Crippen MR) is 75.6 cm³/mol. The molecule has 0 unspecified atom stereocenters. The lowest BCUT2D eigenvalue weighted by Gasteiger charge is -2.32. The monoisotopic (exact) mass is 242 g/mol. The SMILES string of the molecule is C=C(C)[C@H]1CC[C@H](c2cccc(C)c2)[C@@]1(C)C=O. The van der Waals surface area contributed by atoms with Crippen LogP contribution in [0.3, 0.4) is 0 Å². The van der Waals surface area contributed by atoms with Crippen LogP contribution in [-0.4, -0.2) is 6.29 Å². The predicted octanol–water partition coefficient (Wildman–Crippen LogP) is 4.27. The van der Waals surface area contributed by atoms with E-state index in [1.807, 2.05) is 6.92 Å². The molecule has 18 heavy (non-hydrogen) atoms. The third-order valence-electron chi connectivity index (χ3n) is 4.54. The third kappa shape index (κ3) is 2.03. The molecule has 1 aliphatic rings. The molecule has 1 saturated carbocycles. The number of carbonyl (C=O) groups is 1. The summed E-state index contributed by atoms with van der Waals surface area (Å²) >= 11 is 0. The number of allylic oxidation sites excluding steroid dienone is 1. The molecule has 0 aromatic heterocycles. The van der Waals surface area contributed by atoms with Gasteiger partial charge in [0, 0.05) is 5.41 Å². The lowest BCUT2D eigenvalue weighted by Crippen LogP contribution is -2.29. The van der Waals surface area contributed by atoms with Gasteiger partial charge in [-0.15, -0.1) is 0 Å². The first-order chi connectivity index (χ1) is 8.49. The van der Waals surface area contributed by atoms with Crippen molar-refractivity contribution in [3.8, 4) is 0 Å². The molecule has 1 fully saturated rings. The second kappa shape index (κ2) is 4.72. The zero-order valence-corrected chi connectivity index (χ0v) is 11.6. The highest BCUT2D eigenvalue weighted by molar-refractivity contribution is 5.64. The zero-order valence-electron chi connectivity index (χ0n) is 11.6. The standard InChI is InChI=1S/C17H22O/c1-12(2)15-8-9-16(17(15,4)11-18)14-7-5-6-13(3)10-14/h5-7,10-11,15-16H,1,8-9H2,2-4H3/t15-,16-,17+/m1/s1. The Labute approximate surface area is 110 Å². The minimum Gasteiger partial charge on any atom is -0.303 e. The van der Waals surface area contributed by atoms with E-state index in [4.69, 9.17) is 0 Å². The van der Waals surface area contributed by atoms with Crippen molar-refractivity contribution >= 4 is 6.29 Å². The zero-order chi connectivity index (χ0) is 13.3. The molecule has 1 aromatic rings. The topological polar surface area (TPSA) is 17.1 Å². The Kier molecular flexibility index (Phi) is 3.43. The molecule has 0 saturated heterocycles. The van der Waals surface area contributed by atoms with Crippen molar-refractivity contribution in [3.63, 3.8) is 0 Å². The Morgan fingerprint density at radius 3 is 2.72 bits per heavy atom. The van der Waals surface area contributed by atoms with Crippen molar-refractivity contribution in [2.75, 3.05) is 0 Å². The molecule has 1 heteroatoms. The Morgan fingerprint density at radius 1 is 1.44 bits per heavy atom. The van der Waals surface area contributed by atoms with Crippen LogP contribution < -0.4 is 0 Å². The number of aryl methyl sites for hydroxylation is 1. The molecule has 0 spiro atoms. The average molecular weight is 242 g/mol. The summed E-state index contributed by atoms with van der Waals surface area (Å²) < 4.78 is 0. The van der Waals surface area contributed by atoms with Crippen LogP contribution in [0.25, 0.3) is 0 Å². The van der Waals surface area contributed by atoms with E-state index in [-0.39, 0.29) is 5.41 Å². The highest BCUT2D eigenvalue weighted by Gasteiger charge is 2.47. The number of aldehydes is 1. The van der Waals surface area contributed by atoms with Gasteiger partial charge in [-0.2, -0.15) is 0 Å². The molecular formula is C17H22O. The highest BCUT2D eigenvalue weighted by atomic mass is 16.1. The summed E-state index contributed by atoms with van der Waals surface area (Å²) in [6, 6.07) is 8.56. The number of rotatable bonds is 3. The van der Waals surface area contributed by atoms with E-state index >= 15 is 0 Å². The van der Waals surface area contributed by atoms with Gasteiger partial charge in [0.25, 0.3) is 0 Å². The second-order valence-corrected chi connectivity index (χ2v) is 5.93. The number of carbonyl (C=O) groups excluding carboxylic acids is 1. The maximum absolute atomic E-state index is 11.7. The summed E-state index contributed by atoms with van der Waals surface area (Å²) in [6.07, 6.45) is 3.31. The first-order valence-electron chi connectivity index (χ1n) is 6.67. The lowest BCUT2D eigenvalue weighted by molar-refractivity contribution is -0.117. The minimum atomic E-state index is -0.292. The Hall–Kier alpha value is -1.37. The molecule has 1 nitrogen and oxygen atoms in total. The van der Waals surface area contributed by atoms with Crippen LogP contribution in [-0.2, 0) is 4.79 Å². The van der Waals surface area contributed by atoms with Crippen LogP contribution in [0.5, 0.6) is 0 Å². The molecule has 0 N–H and O–H groups in total. The molecule has 3 atom stereocenters. The molecule has 0 heterocycles. The first-order valence-corrected chi connectivity index (χ1v) is 6.67. The van der Waals surface area contributed by atoms with Crippen molar-refractivity contribution in [3.05, 3.63) is 47.5 Å². The van der Waals surface area contributed by atoms with Gasteiger partial charge < -0.3 is 4.79 Å². The van der Waals surface area contributed by atoms with Crippen molar-refractivity contribution in [2.45, 2.75) is 39.5 Å². The Balaban J connectivity index is 2.40. The summed E-state index contributed by atoms with van der Waals surface area (Å²) in [6.45, 7) is 10.3. The fourth-order valence-electron chi connectivity index (χ4n) is 3.55. The normalized spacial score (nSPS) is 31.3. The maximum atomic E-state index is 11.7. The first kappa shape index (κ1) is 13.1. The molecule has 0 bridgehead atoms. The van der Waals surface area contributed by atoms with E-state index in [0.29, 0.717) is 11.8 Å². The molecule has 1 aromatic carbocycles. The van der Waals surface area contributed by atoms with Crippen LogP contribution in [0.2, 0.25) is 0 Å². The minimum absolute atomic E-state index is 0.292. The van der Waals surface area contributed by atoms with Crippen LogP contribution in [0.1, 0.15) is 43.7 Å². The molecule has 96 valence electrons. The van der Waals surface area contributed by atoms with Gasteiger partial charge in [-0.05, 0) is 44.1 Å². The van der Waals surface area contributed by atoms with Crippen LogP contribution in [0.4, 0.5) is 0 Å². The fourth-order valence-corrected chi connectivity index (χ4v) is 3.55. The summed E-state index contributed by atoms with van der Waals surface area (Å²) in [5.41, 5.74) is 3.41. The molecule has 0 radical (unpaired) electrons. The fraction of sp³-hybridized carbons (Fsp3) is 0.471. The quantitative estimate of drug-likeness (QED) is 0.571.